The van der Waals surface area contributed by atoms with Crippen molar-refractivity contribution in [2.75, 3.05) is 5.32 Å². The van der Waals surface area contributed by atoms with Gasteiger partial charge in [0.15, 0.2) is 11.9 Å². The molecule has 0 bridgehead atoms. The first-order valence-corrected chi connectivity index (χ1v) is 7.23. The quantitative estimate of drug-likeness (QED) is 0.654. The summed E-state index contributed by atoms with van der Waals surface area (Å²) in [5, 5.41) is 3.22. The number of rotatable bonds is 5. The van der Waals surface area contributed by atoms with Gasteiger partial charge in [0.2, 0.25) is 0 Å². The molecule has 0 radical (unpaired) electrons. The van der Waals surface area contributed by atoms with Gasteiger partial charge in [0.25, 0.3) is 0 Å². The van der Waals surface area contributed by atoms with Crippen LogP contribution >= 0.6 is 0 Å². The molecule has 0 amide bonds. The maximum atomic E-state index is 5.98. The topological polar surface area (TPSA) is 76.4 Å². The highest BCUT2D eigenvalue weighted by Gasteiger charge is 2.07. The Balaban J connectivity index is 2.13. The molecule has 0 atom stereocenters. The summed E-state index contributed by atoms with van der Waals surface area (Å²) in [5.41, 5.74) is 9.53. The molecule has 0 fully saturated rings. The second kappa shape index (κ2) is 6.92. The van der Waals surface area contributed by atoms with E-state index in [1.165, 1.54) is 11.1 Å². The zero-order valence-corrected chi connectivity index (χ0v) is 12.8. The van der Waals surface area contributed by atoms with Crippen LogP contribution in [0.25, 0.3) is 0 Å². The maximum Gasteiger partial charge on any atom is 0.193 e. The largest absolute Gasteiger partial charge is 0.444 e. The summed E-state index contributed by atoms with van der Waals surface area (Å²) in [7, 11) is 0. The lowest BCUT2D eigenvalue weighted by molar-refractivity contribution is 0.477. The Kier molecular flexibility index (Phi) is 4.98. The summed E-state index contributed by atoms with van der Waals surface area (Å²) in [6.45, 7) is 6.45. The molecule has 1 aromatic carbocycles. The van der Waals surface area contributed by atoms with Crippen LogP contribution in [0.1, 0.15) is 36.6 Å². The molecular formula is C16H22N4O. The van der Waals surface area contributed by atoms with Crippen molar-refractivity contribution in [3.05, 3.63) is 47.2 Å². The third kappa shape index (κ3) is 3.84. The number of guanidine groups is 1. The molecule has 0 saturated carbocycles. The summed E-state index contributed by atoms with van der Waals surface area (Å²) in [6.07, 6.45) is 3.57. The van der Waals surface area contributed by atoms with Gasteiger partial charge in [-0.3, -0.25) is 0 Å². The van der Waals surface area contributed by atoms with Gasteiger partial charge in [-0.2, -0.15) is 0 Å². The van der Waals surface area contributed by atoms with Crippen LogP contribution in [0.3, 0.4) is 0 Å². The number of anilines is 1. The number of hydrogen-bond acceptors (Lipinski definition) is 3. The van der Waals surface area contributed by atoms with Gasteiger partial charge in [0, 0.05) is 12.6 Å². The molecule has 5 nitrogen and oxygen atoms in total. The van der Waals surface area contributed by atoms with Gasteiger partial charge in [-0.05, 0) is 24.0 Å². The highest BCUT2D eigenvalue weighted by molar-refractivity contribution is 5.93. The van der Waals surface area contributed by atoms with Crippen molar-refractivity contribution in [3.63, 3.8) is 0 Å². The lowest BCUT2D eigenvalue weighted by Gasteiger charge is -2.14. The maximum absolute atomic E-state index is 5.98. The average molecular weight is 286 g/mol. The molecule has 0 unspecified atom stereocenters. The Morgan fingerprint density at radius 2 is 1.95 bits per heavy atom. The van der Waals surface area contributed by atoms with Crippen LogP contribution in [0, 0.1) is 6.92 Å². The molecule has 0 spiro atoms. The van der Waals surface area contributed by atoms with Crippen molar-refractivity contribution in [1.29, 1.82) is 0 Å². The number of benzene rings is 1. The second-order valence-electron chi connectivity index (χ2n) is 4.83. The van der Waals surface area contributed by atoms with E-state index in [1.54, 1.807) is 13.1 Å². The van der Waals surface area contributed by atoms with Gasteiger partial charge < -0.3 is 15.5 Å². The molecule has 3 N–H and O–H groups in total. The molecule has 5 heteroatoms. The predicted molar refractivity (Wildman–Crippen MR) is 85.4 cm³/mol. The molecule has 2 rings (SSSR count). The van der Waals surface area contributed by atoms with Crippen LogP contribution in [-0.2, 0) is 19.4 Å². The zero-order valence-electron chi connectivity index (χ0n) is 12.8. The minimum absolute atomic E-state index is 0.384. The number of nitrogens with zero attached hydrogens (tertiary/aromatic N) is 2. The first-order chi connectivity index (χ1) is 10.1. The van der Waals surface area contributed by atoms with Gasteiger partial charge in [0.05, 0.1) is 6.20 Å². The van der Waals surface area contributed by atoms with Crippen LogP contribution in [-0.4, -0.2) is 10.9 Å². The van der Waals surface area contributed by atoms with Gasteiger partial charge in [-0.1, -0.05) is 32.0 Å². The first kappa shape index (κ1) is 15.1. The molecule has 1 heterocycles. The van der Waals surface area contributed by atoms with E-state index in [0.717, 1.165) is 18.5 Å². The molecule has 0 saturated heterocycles. The predicted octanol–water partition coefficient (Wildman–Crippen LogP) is 3.03. The lowest BCUT2D eigenvalue weighted by Crippen LogP contribution is -2.24. The van der Waals surface area contributed by atoms with Crippen molar-refractivity contribution in [2.24, 2.45) is 10.7 Å². The molecular weight excluding hydrogens is 264 g/mol. The first-order valence-electron chi connectivity index (χ1n) is 7.23. The Morgan fingerprint density at radius 1 is 1.29 bits per heavy atom. The molecule has 0 aliphatic heterocycles. The van der Waals surface area contributed by atoms with Gasteiger partial charge in [0.1, 0.15) is 12.3 Å². The number of nitrogens with two attached hydrogens (primary N) is 1. The number of oxazole rings is 1. The SMILES string of the molecule is CCc1cccc(CC)c1NC(N)=NCc1cnc(C)o1. The van der Waals surface area contributed by atoms with Crippen LogP contribution in [0.5, 0.6) is 0 Å². The highest BCUT2D eigenvalue weighted by Crippen LogP contribution is 2.22. The number of hydrogen-bond donors (Lipinski definition) is 2. The van der Waals surface area contributed by atoms with E-state index in [1.807, 2.05) is 0 Å². The smallest absolute Gasteiger partial charge is 0.193 e. The number of para-hydroxylation sites is 1. The lowest BCUT2D eigenvalue weighted by atomic mass is 10.0. The molecule has 21 heavy (non-hydrogen) atoms. The van der Waals surface area contributed by atoms with Gasteiger partial charge in [-0.15, -0.1) is 0 Å². The molecule has 2 aromatic rings. The summed E-state index contributed by atoms with van der Waals surface area (Å²) in [5.74, 6) is 1.73. The average Bonchev–Trinajstić information content (AvgIpc) is 2.91. The van der Waals surface area contributed by atoms with Crippen LogP contribution in [0.15, 0.2) is 33.8 Å². The van der Waals surface area contributed by atoms with E-state index in [9.17, 15) is 0 Å². The standard InChI is InChI=1S/C16H22N4O/c1-4-12-7-6-8-13(5-2)15(12)20-16(17)19-10-14-9-18-11(3)21-14/h6-9H,4-5,10H2,1-3H3,(H3,17,19,20). The van der Waals surface area contributed by atoms with Crippen molar-refractivity contribution < 1.29 is 4.42 Å². The van der Waals surface area contributed by atoms with Crippen molar-refractivity contribution in [1.82, 2.24) is 4.98 Å². The summed E-state index contributed by atoms with van der Waals surface area (Å²) < 4.78 is 5.37. The summed E-state index contributed by atoms with van der Waals surface area (Å²) in [6, 6.07) is 6.29. The molecule has 0 aliphatic rings. The summed E-state index contributed by atoms with van der Waals surface area (Å²) >= 11 is 0. The normalized spacial score (nSPS) is 11.7. The Bertz CT molecular complexity index is 609. The van der Waals surface area contributed by atoms with Gasteiger partial charge in [-0.25, -0.2) is 9.98 Å². The van der Waals surface area contributed by atoms with Crippen LogP contribution < -0.4 is 11.1 Å². The van der Waals surface area contributed by atoms with Crippen LogP contribution in [0.2, 0.25) is 0 Å². The highest BCUT2D eigenvalue weighted by atomic mass is 16.4. The third-order valence-electron chi connectivity index (χ3n) is 3.33. The Labute approximate surface area is 125 Å². The van der Waals surface area contributed by atoms with E-state index >= 15 is 0 Å². The fourth-order valence-electron chi connectivity index (χ4n) is 2.21. The van der Waals surface area contributed by atoms with E-state index < -0.39 is 0 Å². The molecule has 1 aromatic heterocycles. The summed E-state index contributed by atoms with van der Waals surface area (Å²) in [4.78, 5) is 8.34. The number of aromatic nitrogens is 1. The minimum atomic E-state index is 0.384. The second-order valence-corrected chi connectivity index (χ2v) is 4.83. The molecule has 112 valence electrons. The zero-order chi connectivity index (χ0) is 15.2. The Morgan fingerprint density at radius 3 is 2.48 bits per heavy atom. The Hall–Kier alpha value is -2.30. The monoisotopic (exact) mass is 286 g/mol. The third-order valence-corrected chi connectivity index (χ3v) is 3.33. The van der Waals surface area contributed by atoms with E-state index in [4.69, 9.17) is 10.2 Å². The minimum Gasteiger partial charge on any atom is -0.444 e. The van der Waals surface area contributed by atoms with Crippen molar-refractivity contribution in [3.8, 4) is 0 Å². The number of nitrogens with one attached hydrogen (secondary N) is 1. The fraction of sp³-hybridized carbons (Fsp3) is 0.375. The van der Waals surface area contributed by atoms with E-state index in [2.05, 4.69) is 47.3 Å². The number of aryl methyl sites for hydroxylation is 3. The van der Waals surface area contributed by atoms with Crippen molar-refractivity contribution in [2.45, 2.75) is 40.2 Å². The van der Waals surface area contributed by atoms with E-state index in [-0.39, 0.29) is 0 Å². The molecule has 0 aliphatic carbocycles. The number of aliphatic imine (C=N–C) groups is 1. The van der Waals surface area contributed by atoms with Crippen LogP contribution in [0.4, 0.5) is 5.69 Å². The van der Waals surface area contributed by atoms with Gasteiger partial charge >= 0.3 is 0 Å². The fourth-order valence-corrected chi connectivity index (χ4v) is 2.21. The van der Waals surface area contributed by atoms with E-state index in [0.29, 0.717) is 24.2 Å². The van der Waals surface area contributed by atoms with Crippen molar-refractivity contribution >= 4 is 11.6 Å².